The van der Waals surface area contributed by atoms with Gasteiger partial charge in [-0.2, -0.15) is 0 Å². The van der Waals surface area contributed by atoms with E-state index in [1.54, 1.807) is 13.8 Å². The molecule has 0 unspecified atom stereocenters. The van der Waals surface area contributed by atoms with Crippen LogP contribution < -0.4 is 0 Å². The van der Waals surface area contributed by atoms with Crippen LogP contribution in [0.25, 0.3) is 11.3 Å². The Balaban J connectivity index is 1.46. The Labute approximate surface area is 227 Å². The molecule has 2 fully saturated rings. The fraction of sp³-hybridized carbons (Fsp3) is 0.481. The Morgan fingerprint density at radius 2 is 1.77 bits per heavy atom. The van der Waals surface area contributed by atoms with E-state index < -0.39 is 64.7 Å². The second-order valence-corrected chi connectivity index (χ2v) is 11.8. The molecule has 2 heterocycles. The molecular weight excluding hydrogens is 535 g/mol. The van der Waals surface area contributed by atoms with Gasteiger partial charge < -0.3 is 25.2 Å². The summed E-state index contributed by atoms with van der Waals surface area (Å²) in [4.78, 5) is 0. The molecule has 5 rings (SSSR count). The van der Waals surface area contributed by atoms with Crippen LogP contribution in [0.5, 0.6) is 0 Å². The van der Waals surface area contributed by atoms with Gasteiger partial charge in [0.05, 0.1) is 23.7 Å². The highest BCUT2D eigenvalue weighted by atomic mass is 32.2. The highest BCUT2D eigenvalue weighted by Gasteiger charge is 2.48. The molecule has 2 aromatic carbocycles. The average molecular weight is 566 g/mol. The molecule has 8 nitrogen and oxygen atoms in total. The number of nitrogens with zero attached hydrogens (tertiary/aromatic N) is 3. The first kappa shape index (κ1) is 28.1. The number of aliphatic hydroxyl groups excluding tert-OH is 3. The second-order valence-electron chi connectivity index (χ2n) is 10.6. The third-order valence-electron chi connectivity index (χ3n) is 7.15. The molecule has 1 saturated heterocycles. The molecule has 3 aromatic rings. The highest BCUT2D eigenvalue weighted by Crippen LogP contribution is 2.50. The van der Waals surface area contributed by atoms with Crippen LogP contribution in [0.3, 0.4) is 0 Å². The van der Waals surface area contributed by atoms with Crippen molar-refractivity contribution in [2.24, 2.45) is 0 Å². The minimum absolute atomic E-state index is 0.0174. The molecule has 4 N–H and O–H groups in total. The molecule has 1 aliphatic carbocycles. The summed E-state index contributed by atoms with van der Waals surface area (Å²) in [6, 6.07) is 8.19. The Morgan fingerprint density at radius 1 is 1.10 bits per heavy atom. The van der Waals surface area contributed by atoms with E-state index in [1.807, 2.05) is 24.3 Å². The third kappa shape index (κ3) is 5.59. The van der Waals surface area contributed by atoms with Crippen LogP contribution in [-0.4, -0.2) is 71.4 Å². The number of aromatic nitrogens is 3. The molecule has 1 saturated carbocycles. The van der Waals surface area contributed by atoms with Crippen LogP contribution in [0.15, 0.2) is 42.6 Å². The summed E-state index contributed by atoms with van der Waals surface area (Å²) in [6.07, 6.45) is -0.536. The zero-order valence-corrected chi connectivity index (χ0v) is 22.1. The lowest BCUT2D eigenvalue weighted by Crippen LogP contribution is -2.55. The third-order valence-corrected chi connectivity index (χ3v) is 8.91. The van der Waals surface area contributed by atoms with Gasteiger partial charge in [0, 0.05) is 5.56 Å². The van der Waals surface area contributed by atoms with Crippen molar-refractivity contribution < 1.29 is 38.3 Å². The number of thioether (sulfide) groups is 1. The monoisotopic (exact) mass is 565 g/mol. The summed E-state index contributed by atoms with van der Waals surface area (Å²) in [7, 11) is 0. The van der Waals surface area contributed by atoms with Crippen LogP contribution in [0.4, 0.5) is 13.2 Å². The van der Waals surface area contributed by atoms with Crippen LogP contribution in [0.2, 0.25) is 0 Å². The zero-order valence-electron chi connectivity index (χ0n) is 21.3. The SMILES string of the molecule is CC(C)(O)[C@H](S[C@@H]1O[C@H](CO)[C@H](O)[C@H](n2cc(-c3cc(F)c(F)c(F)c3)nn2)[C@H]1O)c1ccccc1C1CC1. The maximum absolute atomic E-state index is 13.8. The van der Waals surface area contributed by atoms with Crippen molar-refractivity contribution in [3.05, 3.63) is 71.2 Å². The van der Waals surface area contributed by atoms with E-state index in [0.29, 0.717) is 5.92 Å². The van der Waals surface area contributed by atoms with E-state index in [4.69, 9.17) is 4.74 Å². The first-order valence-corrected chi connectivity index (χ1v) is 13.6. The molecule has 39 heavy (non-hydrogen) atoms. The minimum atomic E-state index is -1.61. The minimum Gasteiger partial charge on any atom is -0.394 e. The smallest absolute Gasteiger partial charge is 0.194 e. The van der Waals surface area contributed by atoms with E-state index in [1.165, 1.54) is 18.0 Å². The molecular formula is C27H30F3N3O5S. The Bertz CT molecular complexity index is 1310. The van der Waals surface area contributed by atoms with Gasteiger partial charge in [-0.05, 0) is 55.9 Å². The number of aliphatic hydroxyl groups is 4. The molecule has 2 aliphatic rings. The van der Waals surface area contributed by atoms with Crippen LogP contribution >= 0.6 is 11.8 Å². The van der Waals surface area contributed by atoms with E-state index in [0.717, 1.165) is 40.8 Å². The van der Waals surface area contributed by atoms with Crippen molar-refractivity contribution in [2.45, 2.75) is 73.2 Å². The fourth-order valence-electron chi connectivity index (χ4n) is 5.02. The van der Waals surface area contributed by atoms with E-state index in [2.05, 4.69) is 10.3 Å². The van der Waals surface area contributed by atoms with Gasteiger partial charge in [-0.3, -0.25) is 0 Å². The maximum Gasteiger partial charge on any atom is 0.194 e. The fourth-order valence-corrected chi connectivity index (χ4v) is 6.51. The quantitative estimate of drug-likeness (QED) is 0.307. The van der Waals surface area contributed by atoms with Gasteiger partial charge in [0.2, 0.25) is 0 Å². The Morgan fingerprint density at radius 3 is 2.38 bits per heavy atom. The molecule has 0 bridgehead atoms. The van der Waals surface area contributed by atoms with Gasteiger partial charge in [0.15, 0.2) is 17.5 Å². The molecule has 0 spiro atoms. The Hall–Kier alpha value is -2.48. The number of rotatable bonds is 8. The van der Waals surface area contributed by atoms with Crippen LogP contribution in [-0.2, 0) is 4.74 Å². The number of benzene rings is 2. The first-order valence-electron chi connectivity index (χ1n) is 12.7. The zero-order chi connectivity index (χ0) is 28.1. The van der Waals surface area contributed by atoms with E-state index >= 15 is 0 Å². The summed E-state index contributed by atoms with van der Waals surface area (Å²) in [6.45, 7) is 2.78. The predicted octanol–water partition coefficient (Wildman–Crippen LogP) is 3.47. The van der Waals surface area contributed by atoms with Crippen molar-refractivity contribution in [3.63, 3.8) is 0 Å². The Kier molecular flexibility index (Phi) is 7.79. The van der Waals surface area contributed by atoms with Crippen molar-refractivity contribution in [3.8, 4) is 11.3 Å². The summed E-state index contributed by atoms with van der Waals surface area (Å²) in [5.41, 5.74) is -0.297. The first-order chi connectivity index (χ1) is 18.5. The lowest BCUT2D eigenvalue weighted by molar-refractivity contribution is -0.179. The molecule has 0 amide bonds. The normalized spacial score (nSPS) is 26.5. The molecule has 1 aromatic heterocycles. The molecule has 6 atom stereocenters. The van der Waals surface area contributed by atoms with Gasteiger partial charge in [0.25, 0.3) is 0 Å². The highest BCUT2D eigenvalue weighted by molar-refractivity contribution is 8.00. The van der Waals surface area contributed by atoms with Crippen molar-refractivity contribution in [1.82, 2.24) is 15.0 Å². The number of halogens is 3. The predicted molar refractivity (Wildman–Crippen MR) is 137 cm³/mol. The maximum atomic E-state index is 13.8. The molecule has 210 valence electrons. The lowest BCUT2D eigenvalue weighted by atomic mass is 9.92. The van der Waals surface area contributed by atoms with Gasteiger partial charge in [-0.15, -0.1) is 16.9 Å². The molecule has 1 aliphatic heterocycles. The average Bonchev–Trinajstić information content (AvgIpc) is 3.63. The van der Waals surface area contributed by atoms with E-state index in [-0.39, 0.29) is 11.3 Å². The van der Waals surface area contributed by atoms with Crippen molar-refractivity contribution >= 4 is 11.8 Å². The lowest BCUT2D eigenvalue weighted by Gasteiger charge is -2.44. The summed E-state index contributed by atoms with van der Waals surface area (Å²) in [5, 5.41) is 50.8. The summed E-state index contributed by atoms with van der Waals surface area (Å²) < 4.78 is 48.0. The number of ether oxygens (including phenoxy) is 1. The van der Waals surface area contributed by atoms with Gasteiger partial charge >= 0.3 is 0 Å². The summed E-state index contributed by atoms with van der Waals surface area (Å²) >= 11 is 1.17. The van der Waals surface area contributed by atoms with Gasteiger partial charge in [-0.1, -0.05) is 29.5 Å². The second kappa shape index (κ2) is 10.8. The van der Waals surface area contributed by atoms with E-state index in [9.17, 15) is 33.6 Å². The van der Waals surface area contributed by atoms with Gasteiger partial charge in [-0.25, -0.2) is 17.9 Å². The number of hydrogen-bond acceptors (Lipinski definition) is 8. The molecule has 12 heteroatoms. The standard InChI is InChI=1S/C27H30F3N3O5S/c1-27(2,37)25(16-6-4-3-5-15(16)13-7-8-13)39-26-24(36)22(23(35)20(12-34)38-26)33-11-19(31-32-33)14-9-17(28)21(30)18(29)10-14/h3-6,9-11,13,20,22-26,34-37H,7-8,12H2,1-2H3/t20-,22+,23+,24-,25-,26+/m1/s1. The van der Waals surface area contributed by atoms with Crippen molar-refractivity contribution in [2.75, 3.05) is 6.61 Å². The van der Waals surface area contributed by atoms with Crippen LogP contribution in [0, 0.1) is 17.5 Å². The topological polar surface area (TPSA) is 121 Å². The summed E-state index contributed by atoms with van der Waals surface area (Å²) in [5.74, 6) is -4.01. The largest absolute Gasteiger partial charge is 0.394 e. The van der Waals surface area contributed by atoms with Crippen LogP contribution in [0.1, 0.15) is 55.0 Å². The van der Waals surface area contributed by atoms with Gasteiger partial charge in [0.1, 0.15) is 35.5 Å². The van der Waals surface area contributed by atoms with Crippen molar-refractivity contribution in [1.29, 1.82) is 0 Å². The number of hydrogen-bond donors (Lipinski definition) is 4. The molecule has 0 radical (unpaired) electrons.